The molecule has 1 saturated carbocycles. The number of carbonyl (C=O) groups excluding carboxylic acids is 1. The smallest absolute Gasteiger partial charge is 0.296 e. The molecule has 13 heteroatoms. The predicted octanol–water partition coefficient (Wildman–Crippen LogP) is 0.364. The molecule has 1 aromatic heterocycles. The van der Waals surface area contributed by atoms with Gasteiger partial charge in [-0.25, -0.2) is 17.8 Å². The number of halogens is 1. The molecular formula is C23H28FN5O6S. The van der Waals surface area contributed by atoms with Crippen molar-refractivity contribution >= 4 is 15.9 Å². The van der Waals surface area contributed by atoms with Crippen molar-refractivity contribution in [2.24, 2.45) is 0 Å². The summed E-state index contributed by atoms with van der Waals surface area (Å²) in [5.74, 6) is -2.04. The van der Waals surface area contributed by atoms with Gasteiger partial charge in [-0.2, -0.15) is 4.31 Å². The first kappa shape index (κ1) is 24.8. The SMILES string of the molecule is CN1CCN(S(=O)(=O)c2cc(F)cc(CNC(=O)c3nc4n(c(=O)c3O)CCOC43CCC3)c2)CC1. The van der Waals surface area contributed by atoms with E-state index in [1.165, 1.54) is 14.9 Å². The van der Waals surface area contributed by atoms with Gasteiger partial charge in [-0.05, 0) is 50.1 Å². The highest BCUT2D eigenvalue weighted by Crippen LogP contribution is 2.45. The monoisotopic (exact) mass is 521 g/mol. The number of fused-ring (bicyclic) bond motifs is 2. The van der Waals surface area contributed by atoms with Crippen LogP contribution in [0.5, 0.6) is 5.75 Å². The molecule has 2 aromatic rings. The number of aromatic hydroxyl groups is 1. The summed E-state index contributed by atoms with van der Waals surface area (Å²) in [5.41, 5.74) is -1.67. The molecule has 1 amide bonds. The van der Waals surface area contributed by atoms with E-state index >= 15 is 0 Å². The Hall–Kier alpha value is -2.87. The second-order valence-electron chi connectivity index (χ2n) is 9.47. The molecule has 0 unspecified atom stereocenters. The first-order chi connectivity index (χ1) is 17.1. The zero-order chi connectivity index (χ0) is 25.7. The zero-order valence-electron chi connectivity index (χ0n) is 19.9. The first-order valence-corrected chi connectivity index (χ1v) is 13.3. The van der Waals surface area contributed by atoms with Crippen LogP contribution in [0.25, 0.3) is 0 Å². The van der Waals surface area contributed by atoms with E-state index in [2.05, 4.69) is 10.3 Å². The minimum absolute atomic E-state index is 0.201. The molecule has 1 spiro atoms. The summed E-state index contributed by atoms with van der Waals surface area (Å²) in [4.78, 5) is 31.7. The second-order valence-corrected chi connectivity index (χ2v) is 11.4. The van der Waals surface area contributed by atoms with Gasteiger partial charge in [0.05, 0.1) is 18.0 Å². The number of piperazine rings is 1. The predicted molar refractivity (Wildman–Crippen MR) is 125 cm³/mol. The Morgan fingerprint density at radius 2 is 1.92 bits per heavy atom. The Morgan fingerprint density at radius 3 is 2.58 bits per heavy atom. The molecule has 3 heterocycles. The minimum Gasteiger partial charge on any atom is -0.501 e. The fraction of sp³-hybridized carbons (Fsp3) is 0.522. The highest BCUT2D eigenvalue weighted by molar-refractivity contribution is 7.89. The van der Waals surface area contributed by atoms with E-state index in [-0.39, 0.29) is 23.5 Å². The van der Waals surface area contributed by atoms with Crippen molar-refractivity contribution in [1.82, 2.24) is 24.1 Å². The van der Waals surface area contributed by atoms with Crippen LogP contribution in [-0.2, 0) is 33.5 Å². The number of hydrogen-bond donors (Lipinski definition) is 2. The molecule has 36 heavy (non-hydrogen) atoms. The van der Waals surface area contributed by atoms with Gasteiger partial charge >= 0.3 is 0 Å². The maximum Gasteiger partial charge on any atom is 0.296 e. The Balaban J connectivity index is 1.37. The van der Waals surface area contributed by atoms with E-state index in [0.29, 0.717) is 51.5 Å². The van der Waals surface area contributed by atoms with Crippen LogP contribution in [0.2, 0.25) is 0 Å². The average Bonchev–Trinajstić information content (AvgIpc) is 2.83. The van der Waals surface area contributed by atoms with Gasteiger partial charge in [0.1, 0.15) is 17.2 Å². The van der Waals surface area contributed by atoms with Crippen LogP contribution in [0.4, 0.5) is 4.39 Å². The van der Waals surface area contributed by atoms with E-state index < -0.39 is 44.4 Å². The zero-order valence-corrected chi connectivity index (χ0v) is 20.7. The molecule has 3 aliphatic rings. The number of aromatic nitrogens is 2. The van der Waals surface area contributed by atoms with Crippen LogP contribution in [0.1, 0.15) is 41.1 Å². The molecule has 0 bridgehead atoms. The maximum atomic E-state index is 14.4. The normalized spacial score (nSPS) is 20.1. The summed E-state index contributed by atoms with van der Waals surface area (Å²) in [6.45, 7) is 2.05. The Morgan fingerprint density at radius 1 is 1.19 bits per heavy atom. The van der Waals surface area contributed by atoms with Gasteiger partial charge in [-0.15, -0.1) is 0 Å². The number of nitrogens with one attached hydrogen (secondary N) is 1. The number of rotatable bonds is 5. The number of amides is 1. The van der Waals surface area contributed by atoms with Gasteiger partial charge in [0.2, 0.25) is 15.8 Å². The van der Waals surface area contributed by atoms with Gasteiger partial charge in [0, 0.05) is 32.7 Å². The number of benzene rings is 1. The lowest BCUT2D eigenvalue weighted by molar-refractivity contribution is -0.134. The van der Waals surface area contributed by atoms with Crippen molar-refractivity contribution in [2.75, 3.05) is 39.8 Å². The second kappa shape index (κ2) is 9.21. The van der Waals surface area contributed by atoms with E-state index in [9.17, 15) is 27.5 Å². The largest absolute Gasteiger partial charge is 0.501 e. The summed E-state index contributed by atoms with van der Waals surface area (Å²) >= 11 is 0. The fourth-order valence-electron chi connectivity index (χ4n) is 4.84. The number of sulfonamides is 1. The van der Waals surface area contributed by atoms with Crippen LogP contribution in [0.3, 0.4) is 0 Å². The summed E-state index contributed by atoms with van der Waals surface area (Å²) < 4.78 is 48.9. The van der Waals surface area contributed by atoms with Crippen LogP contribution in [0, 0.1) is 5.82 Å². The summed E-state index contributed by atoms with van der Waals surface area (Å²) in [5, 5.41) is 12.9. The van der Waals surface area contributed by atoms with Crippen molar-refractivity contribution in [3.05, 3.63) is 51.5 Å². The van der Waals surface area contributed by atoms with E-state index in [0.717, 1.165) is 18.6 Å². The molecular weight excluding hydrogens is 493 g/mol. The number of likely N-dealkylation sites (N-methyl/N-ethyl adjacent to an activating group) is 1. The van der Waals surface area contributed by atoms with Crippen LogP contribution >= 0.6 is 0 Å². The van der Waals surface area contributed by atoms with Crippen molar-refractivity contribution in [3.63, 3.8) is 0 Å². The van der Waals surface area contributed by atoms with Crippen LogP contribution in [0.15, 0.2) is 27.9 Å². The lowest BCUT2D eigenvalue weighted by Crippen LogP contribution is -2.49. The van der Waals surface area contributed by atoms with E-state index in [1.807, 2.05) is 11.9 Å². The summed E-state index contributed by atoms with van der Waals surface area (Å²) in [6, 6.07) is 3.38. The lowest BCUT2D eigenvalue weighted by Gasteiger charge is -2.44. The number of carbonyl (C=O) groups is 1. The Bertz CT molecular complexity index is 1370. The Kier molecular flexibility index (Phi) is 6.35. The summed E-state index contributed by atoms with van der Waals surface area (Å²) in [6.07, 6.45) is 2.23. The maximum absolute atomic E-state index is 14.4. The van der Waals surface area contributed by atoms with Crippen LogP contribution in [-0.4, -0.2) is 78.0 Å². The number of nitrogens with zero attached hydrogens (tertiary/aromatic N) is 4. The number of ether oxygens (including phenoxy) is 1. The van der Waals surface area contributed by atoms with E-state index in [4.69, 9.17) is 4.74 Å². The third kappa shape index (κ3) is 4.29. The fourth-order valence-corrected chi connectivity index (χ4v) is 6.34. The highest BCUT2D eigenvalue weighted by atomic mass is 32.2. The standard InChI is InChI=1S/C23H28FN5O6S/c1-27-5-7-28(8-6-27)36(33,34)17-12-15(11-16(24)13-17)14-25-20(31)18-19(30)21(32)29-9-10-35-23(3-2-4-23)22(29)26-18/h11-13,30H,2-10,14H2,1H3,(H,25,31). The van der Waals surface area contributed by atoms with Gasteiger partial charge in [0.25, 0.3) is 11.5 Å². The molecule has 11 nitrogen and oxygen atoms in total. The highest BCUT2D eigenvalue weighted by Gasteiger charge is 2.46. The quantitative estimate of drug-likeness (QED) is 0.576. The third-order valence-corrected chi connectivity index (χ3v) is 8.98. The van der Waals surface area contributed by atoms with Crippen molar-refractivity contribution in [1.29, 1.82) is 0 Å². The summed E-state index contributed by atoms with van der Waals surface area (Å²) in [7, 11) is -2.01. The third-order valence-electron chi connectivity index (χ3n) is 7.11. The topological polar surface area (TPSA) is 134 Å². The van der Waals surface area contributed by atoms with Gasteiger partial charge in [0.15, 0.2) is 5.69 Å². The average molecular weight is 522 g/mol. The van der Waals surface area contributed by atoms with Gasteiger partial charge < -0.3 is 20.1 Å². The van der Waals surface area contributed by atoms with Crippen molar-refractivity contribution in [3.8, 4) is 5.75 Å². The van der Waals surface area contributed by atoms with Crippen LogP contribution < -0.4 is 10.9 Å². The molecule has 1 aromatic carbocycles. The molecule has 1 saturated heterocycles. The molecule has 2 fully saturated rings. The molecule has 1 aliphatic carbocycles. The van der Waals surface area contributed by atoms with Gasteiger partial charge in [-0.3, -0.25) is 14.2 Å². The molecule has 194 valence electrons. The number of hydrogen-bond acceptors (Lipinski definition) is 8. The molecule has 2 aliphatic heterocycles. The molecule has 0 atom stereocenters. The van der Waals surface area contributed by atoms with E-state index in [1.54, 1.807) is 0 Å². The minimum atomic E-state index is -3.91. The Labute approximate surface area is 207 Å². The molecule has 0 radical (unpaired) electrons. The van der Waals surface area contributed by atoms with Crippen molar-refractivity contribution in [2.45, 2.75) is 42.8 Å². The molecule has 5 rings (SSSR count). The van der Waals surface area contributed by atoms with Gasteiger partial charge in [-0.1, -0.05) is 0 Å². The van der Waals surface area contributed by atoms with Crippen molar-refractivity contribution < 1.29 is 27.4 Å². The molecule has 2 N–H and O–H groups in total. The first-order valence-electron chi connectivity index (χ1n) is 11.9. The lowest BCUT2D eigenvalue weighted by atomic mass is 9.78.